The zero-order chi connectivity index (χ0) is 16.9. The molecule has 6 nitrogen and oxygen atoms in total. The van der Waals surface area contributed by atoms with Crippen molar-refractivity contribution >= 4 is 6.03 Å². The number of urea groups is 1. The third kappa shape index (κ3) is 4.11. The summed E-state index contributed by atoms with van der Waals surface area (Å²) in [5, 5.41) is 13.4. The molecule has 1 aromatic rings. The molecule has 2 amide bonds. The number of nitrogens with one attached hydrogen (secondary N) is 1. The minimum atomic E-state index is -0.661. The van der Waals surface area contributed by atoms with Crippen LogP contribution in [-0.2, 0) is 4.74 Å². The summed E-state index contributed by atoms with van der Waals surface area (Å²) in [6.07, 6.45) is 5.33. The number of hydrogen-bond acceptors (Lipinski definition) is 4. The van der Waals surface area contributed by atoms with Crippen LogP contribution in [0.1, 0.15) is 50.9 Å². The predicted octanol–water partition coefficient (Wildman–Crippen LogP) is 2.69. The van der Waals surface area contributed by atoms with Crippen LogP contribution in [0, 0.1) is 5.92 Å². The largest absolute Gasteiger partial charge is 0.467 e. The second-order valence-corrected chi connectivity index (χ2v) is 6.94. The molecule has 3 rings (SSSR count). The number of rotatable bonds is 5. The average molecular weight is 336 g/mol. The van der Waals surface area contributed by atoms with Gasteiger partial charge in [0, 0.05) is 38.3 Å². The maximum absolute atomic E-state index is 12.7. The Labute approximate surface area is 143 Å². The van der Waals surface area contributed by atoms with Crippen LogP contribution in [0.15, 0.2) is 22.8 Å². The molecule has 2 N–H and O–H groups in total. The Bertz CT molecular complexity index is 513. The highest BCUT2D eigenvalue weighted by Gasteiger charge is 2.32. The number of aliphatic hydroxyl groups excluding tert-OH is 1. The molecule has 3 heterocycles. The fourth-order valence-electron chi connectivity index (χ4n) is 3.81. The van der Waals surface area contributed by atoms with Gasteiger partial charge < -0.3 is 24.5 Å². The van der Waals surface area contributed by atoms with E-state index in [2.05, 4.69) is 12.2 Å². The Morgan fingerprint density at radius 2 is 2.21 bits per heavy atom. The molecule has 3 unspecified atom stereocenters. The third-order valence-corrected chi connectivity index (χ3v) is 5.33. The fourth-order valence-corrected chi connectivity index (χ4v) is 3.81. The molecule has 1 aromatic heterocycles. The monoisotopic (exact) mass is 336 g/mol. The number of amides is 2. The average Bonchev–Trinajstić information content (AvgIpc) is 3.27. The lowest BCUT2D eigenvalue weighted by molar-refractivity contribution is 0.0556. The van der Waals surface area contributed by atoms with E-state index < -0.39 is 6.10 Å². The van der Waals surface area contributed by atoms with E-state index in [9.17, 15) is 9.90 Å². The number of hydrogen-bond donors (Lipinski definition) is 2. The van der Waals surface area contributed by atoms with E-state index in [1.54, 1.807) is 18.4 Å². The van der Waals surface area contributed by atoms with Crippen LogP contribution in [-0.4, -0.2) is 47.9 Å². The van der Waals surface area contributed by atoms with Gasteiger partial charge in [0.2, 0.25) is 0 Å². The van der Waals surface area contributed by atoms with Crippen molar-refractivity contribution in [3.8, 4) is 0 Å². The standard InChI is InChI=1S/C18H28N2O4/c1-13(14-6-10-23-11-7-14)19-18(22)20-8-2-4-15(20)12-16(21)17-5-3-9-24-17/h3,5,9,13-16,21H,2,4,6-8,10-12H2,1H3,(H,19,22). The van der Waals surface area contributed by atoms with Gasteiger partial charge in [-0.3, -0.25) is 0 Å². The molecule has 2 fully saturated rings. The van der Waals surface area contributed by atoms with Crippen molar-refractivity contribution in [2.75, 3.05) is 19.8 Å². The van der Waals surface area contributed by atoms with Crippen LogP contribution in [0.4, 0.5) is 4.79 Å². The van der Waals surface area contributed by atoms with Gasteiger partial charge in [-0.2, -0.15) is 0 Å². The van der Waals surface area contributed by atoms with Crippen LogP contribution < -0.4 is 5.32 Å². The predicted molar refractivity (Wildman–Crippen MR) is 89.5 cm³/mol. The van der Waals surface area contributed by atoms with Crippen LogP contribution in [0.25, 0.3) is 0 Å². The van der Waals surface area contributed by atoms with Crippen LogP contribution in [0.3, 0.4) is 0 Å². The third-order valence-electron chi connectivity index (χ3n) is 5.33. The van der Waals surface area contributed by atoms with E-state index in [4.69, 9.17) is 9.15 Å². The number of carbonyl (C=O) groups excluding carboxylic acids is 1. The number of aliphatic hydroxyl groups is 1. The second-order valence-electron chi connectivity index (χ2n) is 6.94. The topological polar surface area (TPSA) is 74.9 Å². The molecule has 6 heteroatoms. The quantitative estimate of drug-likeness (QED) is 0.867. The Hall–Kier alpha value is -1.53. The highest BCUT2D eigenvalue weighted by atomic mass is 16.5. The van der Waals surface area contributed by atoms with Crippen molar-refractivity contribution in [3.63, 3.8) is 0 Å². The molecule has 2 saturated heterocycles. The Balaban J connectivity index is 1.53. The van der Waals surface area contributed by atoms with Gasteiger partial charge in [0.25, 0.3) is 0 Å². The second kappa shape index (κ2) is 8.03. The number of carbonyl (C=O) groups is 1. The highest BCUT2D eigenvalue weighted by Crippen LogP contribution is 2.28. The minimum Gasteiger partial charge on any atom is -0.467 e. The first-order valence-electron chi connectivity index (χ1n) is 9.01. The van der Waals surface area contributed by atoms with Gasteiger partial charge in [0.1, 0.15) is 11.9 Å². The molecule has 0 radical (unpaired) electrons. The molecule has 2 aliphatic heterocycles. The van der Waals surface area contributed by atoms with Gasteiger partial charge in [0.15, 0.2) is 0 Å². The Kier molecular flexibility index (Phi) is 5.79. The van der Waals surface area contributed by atoms with E-state index >= 15 is 0 Å². The van der Waals surface area contributed by atoms with Crippen LogP contribution in [0.5, 0.6) is 0 Å². The van der Waals surface area contributed by atoms with Crippen LogP contribution in [0.2, 0.25) is 0 Å². The molecule has 3 atom stereocenters. The maximum Gasteiger partial charge on any atom is 0.317 e. The highest BCUT2D eigenvalue weighted by molar-refractivity contribution is 5.75. The van der Waals surface area contributed by atoms with E-state index in [1.165, 1.54) is 0 Å². The first kappa shape index (κ1) is 17.3. The molecule has 24 heavy (non-hydrogen) atoms. The fraction of sp³-hybridized carbons (Fsp3) is 0.722. The Morgan fingerprint density at radius 1 is 1.42 bits per heavy atom. The molecular formula is C18H28N2O4. The normalized spacial score (nSPS) is 24.8. The van der Waals surface area contributed by atoms with Gasteiger partial charge in [0.05, 0.1) is 6.26 Å². The summed E-state index contributed by atoms with van der Waals surface area (Å²) in [5.41, 5.74) is 0. The number of nitrogens with zero attached hydrogens (tertiary/aromatic N) is 1. The number of likely N-dealkylation sites (tertiary alicyclic amines) is 1. The van der Waals surface area contributed by atoms with Crippen molar-refractivity contribution in [2.24, 2.45) is 5.92 Å². The summed E-state index contributed by atoms with van der Waals surface area (Å²) in [4.78, 5) is 14.5. The zero-order valence-electron chi connectivity index (χ0n) is 14.3. The summed E-state index contributed by atoms with van der Waals surface area (Å²) < 4.78 is 10.7. The summed E-state index contributed by atoms with van der Waals surface area (Å²) in [7, 11) is 0. The molecule has 0 spiro atoms. The molecule has 0 bridgehead atoms. The van der Waals surface area contributed by atoms with Crippen molar-refractivity contribution in [3.05, 3.63) is 24.2 Å². The lowest BCUT2D eigenvalue weighted by Gasteiger charge is -2.32. The van der Waals surface area contributed by atoms with Gasteiger partial charge in [-0.25, -0.2) is 4.79 Å². The molecule has 134 valence electrons. The molecular weight excluding hydrogens is 308 g/mol. The van der Waals surface area contributed by atoms with Crippen molar-refractivity contribution in [1.82, 2.24) is 10.2 Å². The molecule has 0 aliphatic carbocycles. The first-order chi connectivity index (χ1) is 11.6. The van der Waals surface area contributed by atoms with E-state index in [-0.39, 0.29) is 18.1 Å². The molecule has 2 aliphatic rings. The summed E-state index contributed by atoms with van der Waals surface area (Å²) in [6, 6.07) is 3.75. The summed E-state index contributed by atoms with van der Waals surface area (Å²) in [5.74, 6) is 1.05. The van der Waals surface area contributed by atoms with Gasteiger partial charge in [-0.05, 0) is 50.7 Å². The number of furan rings is 1. The summed E-state index contributed by atoms with van der Waals surface area (Å²) in [6.45, 7) is 4.40. The SMILES string of the molecule is CC(NC(=O)N1CCCC1CC(O)c1ccco1)C1CCOCC1. The lowest BCUT2D eigenvalue weighted by atomic mass is 9.93. The zero-order valence-corrected chi connectivity index (χ0v) is 14.3. The van der Waals surface area contributed by atoms with E-state index in [1.807, 2.05) is 4.90 Å². The summed E-state index contributed by atoms with van der Waals surface area (Å²) >= 11 is 0. The Morgan fingerprint density at radius 3 is 2.92 bits per heavy atom. The molecule has 0 aromatic carbocycles. The minimum absolute atomic E-state index is 0.0110. The number of ether oxygens (including phenoxy) is 1. The van der Waals surface area contributed by atoms with Crippen molar-refractivity contribution < 1.29 is 19.1 Å². The van der Waals surface area contributed by atoms with Crippen LogP contribution >= 0.6 is 0 Å². The van der Waals surface area contributed by atoms with Gasteiger partial charge in [-0.15, -0.1) is 0 Å². The lowest BCUT2D eigenvalue weighted by Crippen LogP contribution is -2.49. The first-order valence-corrected chi connectivity index (χ1v) is 9.01. The van der Waals surface area contributed by atoms with Crippen molar-refractivity contribution in [2.45, 2.75) is 57.2 Å². The van der Waals surface area contributed by atoms with Gasteiger partial charge >= 0.3 is 6.03 Å². The van der Waals surface area contributed by atoms with Gasteiger partial charge in [-0.1, -0.05) is 0 Å². The smallest absolute Gasteiger partial charge is 0.317 e. The maximum atomic E-state index is 12.7. The molecule has 0 saturated carbocycles. The van der Waals surface area contributed by atoms with E-state index in [0.29, 0.717) is 18.1 Å². The van der Waals surface area contributed by atoms with Crippen molar-refractivity contribution in [1.29, 1.82) is 0 Å². The van der Waals surface area contributed by atoms with E-state index in [0.717, 1.165) is 45.4 Å².